The van der Waals surface area contributed by atoms with E-state index in [1.54, 1.807) is 23.1 Å². The minimum Gasteiger partial charge on any atom is -0.459 e. The number of rotatable bonds is 4. The Kier molecular flexibility index (Phi) is 5.06. The van der Waals surface area contributed by atoms with Gasteiger partial charge in [-0.1, -0.05) is 36.4 Å². The van der Waals surface area contributed by atoms with E-state index >= 15 is 0 Å². The van der Waals surface area contributed by atoms with Crippen LogP contribution in [0.5, 0.6) is 0 Å². The monoisotopic (exact) mass is 372 g/mol. The van der Waals surface area contributed by atoms with Crippen molar-refractivity contribution in [3.8, 4) is 0 Å². The summed E-state index contributed by atoms with van der Waals surface area (Å²) < 4.78 is 5.22. The number of hydrogen-bond donors (Lipinski definition) is 1. The molecule has 4 rings (SSSR count). The summed E-state index contributed by atoms with van der Waals surface area (Å²) >= 11 is 0. The molecule has 0 saturated heterocycles. The molecule has 0 aliphatic carbocycles. The van der Waals surface area contributed by atoms with Crippen molar-refractivity contribution in [3.05, 3.63) is 95.5 Å². The zero-order valence-electron chi connectivity index (χ0n) is 15.3. The van der Waals surface area contributed by atoms with Crippen LogP contribution in [0.2, 0.25) is 0 Å². The van der Waals surface area contributed by atoms with Gasteiger partial charge in [-0.25, -0.2) is 0 Å². The number of furan rings is 1. The van der Waals surface area contributed by atoms with Gasteiger partial charge in [-0.15, -0.1) is 0 Å². The lowest BCUT2D eigenvalue weighted by atomic mass is 9.99. The van der Waals surface area contributed by atoms with E-state index in [0.717, 1.165) is 17.5 Å². The molecule has 0 fully saturated rings. The van der Waals surface area contributed by atoms with Gasteiger partial charge in [0.05, 0.1) is 6.26 Å². The van der Waals surface area contributed by atoms with Crippen LogP contribution < -0.4 is 5.32 Å². The van der Waals surface area contributed by atoms with Gasteiger partial charge in [0.1, 0.15) is 0 Å². The predicted molar refractivity (Wildman–Crippen MR) is 108 cm³/mol. The molecule has 2 heterocycles. The average Bonchev–Trinajstić information content (AvgIpc) is 3.27. The maximum Gasteiger partial charge on any atom is 0.289 e. The van der Waals surface area contributed by atoms with E-state index in [-0.39, 0.29) is 11.8 Å². The van der Waals surface area contributed by atoms with Gasteiger partial charge in [0, 0.05) is 24.9 Å². The fraction of sp³-hybridized carbons (Fsp3) is 0.130. The highest BCUT2D eigenvalue weighted by Gasteiger charge is 2.23. The van der Waals surface area contributed by atoms with Gasteiger partial charge < -0.3 is 14.6 Å². The maximum atomic E-state index is 12.5. The molecule has 2 aromatic carbocycles. The molecule has 0 spiro atoms. The number of nitrogens with zero attached hydrogens (tertiary/aromatic N) is 1. The highest BCUT2D eigenvalue weighted by Crippen LogP contribution is 2.24. The Bertz CT molecular complexity index is 1010. The SMILES string of the molecule is O=C(C=Cc1ccccc1)Nc1ccc2c(c1)CN(C(=O)c1ccco1)CC2. The standard InChI is InChI=1S/C23H20N2O3/c26-22(11-8-17-5-2-1-3-6-17)24-20-10-9-18-12-13-25(16-19(18)15-20)23(27)21-7-4-14-28-21/h1-11,14-15H,12-13,16H2,(H,24,26). The van der Waals surface area contributed by atoms with Gasteiger partial charge in [-0.3, -0.25) is 9.59 Å². The molecule has 140 valence electrons. The lowest BCUT2D eigenvalue weighted by molar-refractivity contribution is -0.111. The first-order valence-corrected chi connectivity index (χ1v) is 9.18. The molecule has 1 aliphatic heterocycles. The molecule has 1 aromatic heterocycles. The zero-order chi connectivity index (χ0) is 19.3. The summed E-state index contributed by atoms with van der Waals surface area (Å²) in [6.07, 6.45) is 5.57. The smallest absolute Gasteiger partial charge is 0.289 e. The quantitative estimate of drug-likeness (QED) is 0.701. The molecule has 0 atom stereocenters. The number of nitrogens with one attached hydrogen (secondary N) is 1. The third-order valence-electron chi connectivity index (χ3n) is 4.73. The summed E-state index contributed by atoms with van der Waals surface area (Å²) in [6, 6.07) is 18.9. The third-order valence-corrected chi connectivity index (χ3v) is 4.73. The van der Waals surface area contributed by atoms with E-state index in [4.69, 9.17) is 4.42 Å². The number of amides is 2. The van der Waals surface area contributed by atoms with Gasteiger partial charge in [-0.05, 0) is 53.5 Å². The van der Waals surface area contributed by atoms with Crippen LogP contribution in [0.4, 0.5) is 5.69 Å². The van der Waals surface area contributed by atoms with Gasteiger partial charge in [0.25, 0.3) is 5.91 Å². The van der Waals surface area contributed by atoms with E-state index in [0.29, 0.717) is 24.5 Å². The van der Waals surface area contributed by atoms with Crippen molar-refractivity contribution >= 4 is 23.6 Å². The minimum atomic E-state index is -0.192. The summed E-state index contributed by atoms with van der Waals surface area (Å²) in [5.41, 5.74) is 3.92. The average molecular weight is 372 g/mol. The van der Waals surface area contributed by atoms with Crippen molar-refractivity contribution in [3.63, 3.8) is 0 Å². The summed E-state index contributed by atoms with van der Waals surface area (Å²) in [7, 11) is 0. The van der Waals surface area contributed by atoms with Crippen LogP contribution in [0.25, 0.3) is 6.08 Å². The van der Waals surface area contributed by atoms with E-state index in [9.17, 15) is 9.59 Å². The molecule has 0 saturated carbocycles. The lowest BCUT2D eigenvalue weighted by Gasteiger charge is -2.28. The maximum absolute atomic E-state index is 12.5. The van der Waals surface area contributed by atoms with Crippen LogP contribution in [0.15, 0.2) is 77.4 Å². The first-order chi connectivity index (χ1) is 13.7. The minimum absolute atomic E-state index is 0.115. The summed E-state index contributed by atoms with van der Waals surface area (Å²) in [5, 5.41) is 2.89. The van der Waals surface area contributed by atoms with Crippen molar-refractivity contribution in [1.29, 1.82) is 0 Å². The van der Waals surface area contributed by atoms with E-state index < -0.39 is 0 Å². The number of benzene rings is 2. The molecule has 1 N–H and O–H groups in total. The van der Waals surface area contributed by atoms with Gasteiger partial charge >= 0.3 is 0 Å². The predicted octanol–water partition coefficient (Wildman–Crippen LogP) is 4.13. The highest BCUT2D eigenvalue weighted by molar-refractivity contribution is 6.02. The van der Waals surface area contributed by atoms with Crippen molar-refractivity contribution < 1.29 is 14.0 Å². The molecular formula is C23H20N2O3. The van der Waals surface area contributed by atoms with Gasteiger partial charge in [0.2, 0.25) is 5.91 Å². The summed E-state index contributed by atoms with van der Waals surface area (Å²) in [5.74, 6) is 0.0398. The van der Waals surface area contributed by atoms with Gasteiger partial charge in [-0.2, -0.15) is 0 Å². The van der Waals surface area contributed by atoms with E-state index in [2.05, 4.69) is 5.32 Å². The Labute approximate surface area is 163 Å². The van der Waals surface area contributed by atoms with Crippen molar-refractivity contribution in [2.75, 3.05) is 11.9 Å². The molecule has 5 heteroatoms. The molecular weight excluding hydrogens is 352 g/mol. The normalized spacial score (nSPS) is 13.4. The van der Waals surface area contributed by atoms with Crippen LogP contribution >= 0.6 is 0 Å². The molecule has 0 radical (unpaired) electrons. The Morgan fingerprint density at radius 2 is 1.86 bits per heavy atom. The Morgan fingerprint density at radius 3 is 2.64 bits per heavy atom. The highest BCUT2D eigenvalue weighted by atomic mass is 16.3. The molecule has 0 unspecified atom stereocenters. The van der Waals surface area contributed by atoms with Crippen LogP contribution in [-0.4, -0.2) is 23.3 Å². The Morgan fingerprint density at radius 1 is 1.00 bits per heavy atom. The van der Waals surface area contributed by atoms with E-state index in [1.807, 2.05) is 48.5 Å². The third kappa shape index (κ3) is 4.04. The first-order valence-electron chi connectivity index (χ1n) is 9.18. The van der Waals surface area contributed by atoms with Crippen molar-refractivity contribution in [1.82, 2.24) is 4.90 Å². The van der Waals surface area contributed by atoms with Crippen molar-refractivity contribution in [2.24, 2.45) is 0 Å². The Balaban J connectivity index is 1.44. The Hall–Kier alpha value is -3.60. The first kappa shape index (κ1) is 17.8. The molecule has 5 nitrogen and oxygen atoms in total. The van der Waals surface area contributed by atoms with Crippen LogP contribution in [0, 0.1) is 0 Å². The number of hydrogen-bond acceptors (Lipinski definition) is 3. The largest absolute Gasteiger partial charge is 0.459 e. The molecule has 1 aliphatic rings. The topological polar surface area (TPSA) is 62.6 Å². The summed E-state index contributed by atoms with van der Waals surface area (Å²) in [4.78, 5) is 26.5. The summed E-state index contributed by atoms with van der Waals surface area (Å²) in [6.45, 7) is 1.15. The van der Waals surface area contributed by atoms with Crippen LogP contribution in [0.1, 0.15) is 27.2 Å². The van der Waals surface area contributed by atoms with E-state index in [1.165, 1.54) is 17.9 Å². The molecule has 2 amide bonds. The lowest BCUT2D eigenvalue weighted by Crippen LogP contribution is -2.35. The molecule has 0 bridgehead atoms. The van der Waals surface area contributed by atoms with Crippen molar-refractivity contribution in [2.45, 2.75) is 13.0 Å². The number of anilines is 1. The van der Waals surface area contributed by atoms with Gasteiger partial charge in [0.15, 0.2) is 5.76 Å². The number of fused-ring (bicyclic) bond motifs is 1. The second-order valence-corrected chi connectivity index (χ2v) is 6.67. The molecule has 28 heavy (non-hydrogen) atoms. The second-order valence-electron chi connectivity index (χ2n) is 6.67. The fourth-order valence-corrected chi connectivity index (χ4v) is 3.28. The fourth-order valence-electron chi connectivity index (χ4n) is 3.28. The number of carbonyl (C=O) groups excluding carboxylic acids is 2. The van der Waals surface area contributed by atoms with Crippen LogP contribution in [0.3, 0.4) is 0 Å². The van der Waals surface area contributed by atoms with Crippen LogP contribution in [-0.2, 0) is 17.8 Å². The number of carbonyl (C=O) groups is 2. The zero-order valence-corrected chi connectivity index (χ0v) is 15.3. The second kappa shape index (κ2) is 7.96. The molecule has 3 aromatic rings.